The molecule has 0 saturated heterocycles. The minimum absolute atomic E-state index is 1.10. The number of rotatable bonds is 7. The van der Waals surface area contributed by atoms with E-state index >= 15 is 0 Å². The molecule has 0 unspecified atom stereocenters. The molecule has 240 valence electrons. The maximum Gasteiger partial charge on any atom is 0.0546 e. The molecule has 0 radical (unpaired) electrons. The van der Waals surface area contributed by atoms with Crippen LogP contribution >= 0.6 is 0 Å². The normalized spacial score (nSPS) is 11.1. The van der Waals surface area contributed by atoms with Gasteiger partial charge in [-0.2, -0.15) is 0 Å². The first-order chi connectivity index (χ1) is 25.3. The number of anilines is 3. The smallest absolute Gasteiger partial charge is 0.0546 e. The van der Waals surface area contributed by atoms with Gasteiger partial charge in [0, 0.05) is 16.6 Å². The number of hydrogen-bond acceptors (Lipinski definition) is 1. The summed E-state index contributed by atoms with van der Waals surface area (Å²) in [6.45, 7) is 0. The molecule has 0 fully saturated rings. The van der Waals surface area contributed by atoms with E-state index in [2.05, 4.69) is 217 Å². The summed E-state index contributed by atoms with van der Waals surface area (Å²) in [6, 6.07) is 76.7. The van der Waals surface area contributed by atoms with Crippen molar-refractivity contribution < 1.29 is 0 Å². The zero-order valence-corrected chi connectivity index (χ0v) is 28.2. The molecule has 9 aromatic carbocycles. The van der Waals surface area contributed by atoms with Gasteiger partial charge >= 0.3 is 0 Å². The van der Waals surface area contributed by atoms with Crippen molar-refractivity contribution in [3.05, 3.63) is 212 Å². The Hall–Kier alpha value is -6.70. The lowest BCUT2D eigenvalue weighted by Crippen LogP contribution is -2.12. The lowest BCUT2D eigenvalue weighted by atomic mass is 9.95. The molecule has 0 heterocycles. The van der Waals surface area contributed by atoms with Gasteiger partial charge < -0.3 is 4.90 Å². The Balaban J connectivity index is 1.21. The topological polar surface area (TPSA) is 3.24 Å². The van der Waals surface area contributed by atoms with Crippen molar-refractivity contribution >= 4 is 38.6 Å². The van der Waals surface area contributed by atoms with E-state index in [4.69, 9.17) is 0 Å². The summed E-state index contributed by atoms with van der Waals surface area (Å²) in [5.41, 5.74) is 12.9. The summed E-state index contributed by atoms with van der Waals surface area (Å²) in [6.07, 6.45) is 0. The van der Waals surface area contributed by atoms with Crippen LogP contribution in [-0.4, -0.2) is 0 Å². The number of fused-ring (bicyclic) bond motifs is 2. The first-order valence-corrected chi connectivity index (χ1v) is 17.5. The standard InChI is InChI=1S/C50H35N/c1-3-12-36(13-4-1)38-22-24-39(25-23-38)40-28-31-46(32-29-40)51(49-21-11-19-42-17-9-10-20-47(42)49)50-35-45(30-33-48(50)41-15-5-2-6-16-41)44-27-26-37-14-7-8-18-43(37)34-44/h1-35H. The number of nitrogens with zero attached hydrogens (tertiary/aromatic N) is 1. The first kappa shape index (κ1) is 30.4. The zero-order chi connectivity index (χ0) is 34.0. The molecule has 1 heteroatoms. The van der Waals surface area contributed by atoms with Gasteiger partial charge in [0.15, 0.2) is 0 Å². The summed E-state index contributed by atoms with van der Waals surface area (Å²) in [4.78, 5) is 2.44. The highest BCUT2D eigenvalue weighted by Gasteiger charge is 2.20. The lowest BCUT2D eigenvalue weighted by Gasteiger charge is -2.30. The van der Waals surface area contributed by atoms with E-state index in [-0.39, 0.29) is 0 Å². The van der Waals surface area contributed by atoms with E-state index in [9.17, 15) is 0 Å². The molecule has 0 aliphatic carbocycles. The second-order valence-electron chi connectivity index (χ2n) is 13.0. The molecule has 0 aliphatic heterocycles. The second-order valence-corrected chi connectivity index (χ2v) is 13.0. The van der Waals surface area contributed by atoms with Crippen molar-refractivity contribution in [3.63, 3.8) is 0 Å². The van der Waals surface area contributed by atoms with Crippen molar-refractivity contribution in [1.29, 1.82) is 0 Å². The van der Waals surface area contributed by atoms with Gasteiger partial charge in [0.25, 0.3) is 0 Å². The summed E-state index contributed by atoms with van der Waals surface area (Å²) < 4.78 is 0. The number of hydrogen-bond donors (Lipinski definition) is 0. The van der Waals surface area contributed by atoms with Gasteiger partial charge in [-0.1, -0.05) is 182 Å². The predicted molar refractivity (Wildman–Crippen MR) is 218 cm³/mol. The predicted octanol–water partition coefficient (Wildman–Crippen LogP) is 14.1. The van der Waals surface area contributed by atoms with Crippen LogP contribution in [0.1, 0.15) is 0 Å². The van der Waals surface area contributed by atoms with Gasteiger partial charge in [-0.05, 0) is 85.4 Å². The van der Waals surface area contributed by atoms with Crippen molar-refractivity contribution in [2.75, 3.05) is 4.90 Å². The van der Waals surface area contributed by atoms with Gasteiger partial charge in [0.05, 0.1) is 11.4 Å². The minimum Gasteiger partial charge on any atom is -0.309 e. The van der Waals surface area contributed by atoms with E-state index in [0.29, 0.717) is 0 Å². The van der Waals surface area contributed by atoms with E-state index in [1.165, 1.54) is 66.1 Å². The quantitative estimate of drug-likeness (QED) is 0.166. The summed E-state index contributed by atoms with van der Waals surface area (Å²) in [5.74, 6) is 0. The van der Waals surface area contributed by atoms with Crippen LogP contribution in [0.4, 0.5) is 17.1 Å². The van der Waals surface area contributed by atoms with Crippen LogP contribution in [0.2, 0.25) is 0 Å². The summed E-state index contributed by atoms with van der Waals surface area (Å²) >= 11 is 0. The van der Waals surface area contributed by atoms with Crippen molar-refractivity contribution in [1.82, 2.24) is 0 Å². The Bertz CT molecular complexity index is 2600. The fourth-order valence-corrected chi connectivity index (χ4v) is 7.23. The van der Waals surface area contributed by atoms with Gasteiger partial charge in [-0.3, -0.25) is 0 Å². The van der Waals surface area contributed by atoms with Gasteiger partial charge in [-0.25, -0.2) is 0 Å². The first-order valence-electron chi connectivity index (χ1n) is 17.5. The van der Waals surface area contributed by atoms with Crippen molar-refractivity contribution in [2.24, 2.45) is 0 Å². The van der Waals surface area contributed by atoms with Gasteiger partial charge in [-0.15, -0.1) is 0 Å². The van der Waals surface area contributed by atoms with E-state index in [1.807, 2.05) is 0 Å². The molecule has 0 aliphatic rings. The Morgan fingerprint density at radius 2 is 0.745 bits per heavy atom. The van der Waals surface area contributed by atoms with E-state index in [0.717, 1.165) is 17.1 Å². The fraction of sp³-hybridized carbons (Fsp3) is 0. The Labute approximate surface area is 299 Å². The molecule has 0 atom stereocenters. The van der Waals surface area contributed by atoms with Crippen LogP contribution in [0.25, 0.3) is 66.1 Å². The Morgan fingerprint density at radius 3 is 1.45 bits per heavy atom. The van der Waals surface area contributed by atoms with E-state index in [1.54, 1.807) is 0 Å². The van der Waals surface area contributed by atoms with Crippen LogP contribution in [0.3, 0.4) is 0 Å². The third-order valence-corrected chi connectivity index (χ3v) is 9.86. The maximum absolute atomic E-state index is 2.44. The van der Waals surface area contributed by atoms with Crippen LogP contribution in [0.5, 0.6) is 0 Å². The molecule has 51 heavy (non-hydrogen) atoms. The second kappa shape index (κ2) is 13.3. The summed E-state index contributed by atoms with van der Waals surface area (Å²) in [7, 11) is 0. The molecular formula is C50H35N. The van der Waals surface area contributed by atoms with E-state index < -0.39 is 0 Å². The Morgan fingerprint density at radius 1 is 0.255 bits per heavy atom. The molecule has 0 bridgehead atoms. The molecule has 0 saturated carbocycles. The zero-order valence-electron chi connectivity index (χ0n) is 28.2. The third kappa shape index (κ3) is 5.96. The molecule has 0 spiro atoms. The van der Waals surface area contributed by atoms with Crippen molar-refractivity contribution in [3.8, 4) is 44.5 Å². The highest BCUT2D eigenvalue weighted by molar-refractivity contribution is 6.02. The highest BCUT2D eigenvalue weighted by Crippen LogP contribution is 2.45. The van der Waals surface area contributed by atoms with Crippen LogP contribution in [-0.2, 0) is 0 Å². The largest absolute Gasteiger partial charge is 0.309 e. The SMILES string of the molecule is c1ccc(-c2ccc(-c3ccc(N(c4cc(-c5ccc6ccccc6c5)ccc4-c4ccccc4)c4cccc5ccccc45)cc3)cc2)cc1. The molecule has 9 rings (SSSR count). The number of benzene rings is 9. The Kier molecular flexibility index (Phi) is 7.92. The maximum atomic E-state index is 2.44. The van der Waals surface area contributed by atoms with Gasteiger partial charge in [0.1, 0.15) is 0 Å². The monoisotopic (exact) mass is 649 g/mol. The van der Waals surface area contributed by atoms with Crippen molar-refractivity contribution in [2.45, 2.75) is 0 Å². The molecule has 0 amide bonds. The lowest BCUT2D eigenvalue weighted by molar-refractivity contribution is 1.30. The molecule has 0 N–H and O–H groups in total. The van der Waals surface area contributed by atoms with Crippen LogP contribution in [0, 0.1) is 0 Å². The molecule has 9 aromatic rings. The van der Waals surface area contributed by atoms with Crippen LogP contribution < -0.4 is 4.90 Å². The molecule has 1 nitrogen and oxygen atoms in total. The van der Waals surface area contributed by atoms with Gasteiger partial charge in [0.2, 0.25) is 0 Å². The third-order valence-electron chi connectivity index (χ3n) is 9.86. The molecular weight excluding hydrogens is 615 g/mol. The average molecular weight is 650 g/mol. The molecule has 0 aromatic heterocycles. The minimum atomic E-state index is 1.10. The van der Waals surface area contributed by atoms with Crippen LogP contribution in [0.15, 0.2) is 212 Å². The average Bonchev–Trinajstić information content (AvgIpc) is 3.22. The highest BCUT2D eigenvalue weighted by atomic mass is 15.1. The summed E-state index contributed by atoms with van der Waals surface area (Å²) in [5, 5.41) is 4.90. The fourth-order valence-electron chi connectivity index (χ4n) is 7.23.